The first-order valence-corrected chi connectivity index (χ1v) is 10.8. The molecule has 9 heteroatoms. The van der Waals surface area contributed by atoms with Gasteiger partial charge in [-0.05, 0) is 47.9 Å². The van der Waals surface area contributed by atoms with Gasteiger partial charge in [0.25, 0.3) is 5.91 Å². The van der Waals surface area contributed by atoms with Crippen molar-refractivity contribution in [2.45, 2.75) is 17.9 Å². The van der Waals surface area contributed by atoms with Crippen molar-refractivity contribution in [2.24, 2.45) is 0 Å². The number of benzene rings is 2. The van der Waals surface area contributed by atoms with Crippen LogP contribution in [-0.2, 0) is 23.0 Å². The normalized spacial score (nSPS) is 13.9. The Balaban J connectivity index is 1.93. The number of methoxy groups -OCH3 is 2. The van der Waals surface area contributed by atoms with Gasteiger partial charge >= 0.3 is 0 Å². The lowest BCUT2D eigenvalue weighted by molar-refractivity contribution is 0.0734. The molecule has 0 N–H and O–H groups in total. The molecule has 7 nitrogen and oxygen atoms in total. The Morgan fingerprint density at radius 2 is 1.69 bits per heavy atom. The molecule has 0 spiro atoms. The van der Waals surface area contributed by atoms with Crippen LogP contribution < -0.4 is 9.47 Å². The first kappa shape index (κ1) is 21.4. The van der Waals surface area contributed by atoms with Crippen LogP contribution in [0.4, 0.5) is 0 Å². The van der Waals surface area contributed by atoms with E-state index in [9.17, 15) is 13.2 Å². The monoisotopic (exact) mass is 438 g/mol. The zero-order chi connectivity index (χ0) is 21.3. The Bertz CT molecular complexity index is 1050. The number of ether oxygens (including phenoxy) is 2. The number of hydrogen-bond acceptors (Lipinski definition) is 5. The summed E-state index contributed by atoms with van der Waals surface area (Å²) in [7, 11) is 2.35. The van der Waals surface area contributed by atoms with Crippen LogP contribution in [0.1, 0.15) is 21.5 Å². The zero-order valence-electron chi connectivity index (χ0n) is 16.7. The second-order valence-electron chi connectivity index (χ2n) is 6.88. The van der Waals surface area contributed by atoms with E-state index in [1.165, 1.54) is 32.3 Å². The number of halogens is 1. The van der Waals surface area contributed by atoms with Gasteiger partial charge < -0.3 is 14.4 Å². The molecule has 0 aliphatic carbocycles. The minimum absolute atomic E-state index is 0.0269. The van der Waals surface area contributed by atoms with E-state index in [1.807, 2.05) is 12.1 Å². The summed E-state index contributed by atoms with van der Waals surface area (Å²) in [6.45, 7) is 0.859. The van der Waals surface area contributed by atoms with E-state index in [-0.39, 0.29) is 21.4 Å². The Kier molecular flexibility index (Phi) is 6.07. The molecule has 156 valence electrons. The van der Waals surface area contributed by atoms with E-state index in [0.717, 1.165) is 15.4 Å². The molecule has 0 aromatic heterocycles. The summed E-state index contributed by atoms with van der Waals surface area (Å²) in [5.74, 6) is 0.930. The van der Waals surface area contributed by atoms with Crippen molar-refractivity contribution < 1.29 is 22.7 Å². The van der Waals surface area contributed by atoms with Crippen molar-refractivity contribution in [1.29, 1.82) is 0 Å². The van der Waals surface area contributed by atoms with Crippen molar-refractivity contribution in [3.05, 3.63) is 52.0 Å². The minimum atomic E-state index is -3.67. The van der Waals surface area contributed by atoms with Gasteiger partial charge in [0, 0.05) is 27.2 Å². The number of nitrogens with zero attached hydrogens (tertiary/aromatic N) is 2. The first-order chi connectivity index (χ1) is 13.7. The van der Waals surface area contributed by atoms with Crippen molar-refractivity contribution in [3.63, 3.8) is 0 Å². The van der Waals surface area contributed by atoms with E-state index in [4.69, 9.17) is 21.1 Å². The van der Waals surface area contributed by atoms with Gasteiger partial charge in [0.1, 0.15) is 0 Å². The molecule has 29 heavy (non-hydrogen) atoms. The first-order valence-electron chi connectivity index (χ1n) is 8.94. The lowest BCUT2D eigenvalue weighted by atomic mass is 9.98. The number of fused-ring (bicyclic) bond motifs is 1. The highest BCUT2D eigenvalue weighted by atomic mass is 35.5. The molecule has 0 saturated carbocycles. The van der Waals surface area contributed by atoms with Crippen LogP contribution in [0.5, 0.6) is 11.5 Å². The molecule has 1 aliphatic rings. The number of carbonyl (C=O) groups is 1. The van der Waals surface area contributed by atoms with Crippen LogP contribution in [0.25, 0.3) is 0 Å². The molecule has 3 rings (SSSR count). The number of amides is 1. The predicted molar refractivity (Wildman–Crippen MR) is 110 cm³/mol. The summed E-state index contributed by atoms with van der Waals surface area (Å²) < 4.78 is 36.6. The van der Waals surface area contributed by atoms with E-state index in [2.05, 4.69) is 0 Å². The maximum Gasteiger partial charge on any atom is 0.255 e. The van der Waals surface area contributed by atoms with Gasteiger partial charge in [0.2, 0.25) is 10.0 Å². The molecule has 1 amide bonds. The minimum Gasteiger partial charge on any atom is -0.493 e. The smallest absolute Gasteiger partial charge is 0.255 e. The summed E-state index contributed by atoms with van der Waals surface area (Å²) >= 11 is 6.23. The Hall–Kier alpha value is -2.29. The molecule has 0 bridgehead atoms. The van der Waals surface area contributed by atoms with Crippen LogP contribution in [-0.4, -0.2) is 58.4 Å². The van der Waals surface area contributed by atoms with Crippen LogP contribution in [0.2, 0.25) is 5.02 Å². The van der Waals surface area contributed by atoms with Gasteiger partial charge in [-0.2, -0.15) is 0 Å². The summed E-state index contributed by atoms with van der Waals surface area (Å²) in [6.07, 6.45) is 0.648. The standard InChI is InChI=1S/C20H23ClN2O5S/c1-22(2)29(25,26)15-5-6-17(21)16(11-15)20(24)23-8-7-13-9-18(27-3)19(28-4)10-14(13)12-23/h5-6,9-11H,7-8,12H2,1-4H3. The van der Waals surface area contributed by atoms with Gasteiger partial charge in [-0.15, -0.1) is 0 Å². The molecule has 0 fully saturated rings. The van der Waals surface area contributed by atoms with Gasteiger partial charge in [-0.1, -0.05) is 11.6 Å². The Morgan fingerprint density at radius 3 is 2.28 bits per heavy atom. The predicted octanol–water partition coefficient (Wildman–Crippen LogP) is 2.81. The molecule has 2 aromatic rings. The molecule has 0 radical (unpaired) electrons. The highest BCUT2D eigenvalue weighted by Gasteiger charge is 2.27. The fourth-order valence-electron chi connectivity index (χ4n) is 3.27. The SMILES string of the molecule is COc1cc2c(cc1OC)CN(C(=O)c1cc(S(=O)(=O)N(C)C)ccc1Cl)CC2. The second-order valence-corrected chi connectivity index (χ2v) is 9.44. The zero-order valence-corrected chi connectivity index (χ0v) is 18.3. The lowest BCUT2D eigenvalue weighted by Gasteiger charge is -2.30. The lowest BCUT2D eigenvalue weighted by Crippen LogP contribution is -2.36. The van der Waals surface area contributed by atoms with Crippen LogP contribution in [0, 0.1) is 0 Å². The maximum absolute atomic E-state index is 13.1. The molecule has 0 unspecified atom stereocenters. The van der Waals surface area contributed by atoms with Crippen LogP contribution in [0.15, 0.2) is 35.2 Å². The van der Waals surface area contributed by atoms with Crippen LogP contribution >= 0.6 is 11.6 Å². The maximum atomic E-state index is 13.1. The fraction of sp³-hybridized carbons (Fsp3) is 0.350. The molecule has 1 heterocycles. The third-order valence-corrected chi connectivity index (χ3v) is 7.09. The van der Waals surface area contributed by atoms with Gasteiger partial charge in [-0.3, -0.25) is 4.79 Å². The third kappa shape index (κ3) is 4.05. The van der Waals surface area contributed by atoms with Gasteiger partial charge in [-0.25, -0.2) is 12.7 Å². The van der Waals surface area contributed by atoms with E-state index in [0.29, 0.717) is 31.0 Å². The second kappa shape index (κ2) is 8.22. The Labute approximate surface area is 175 Å². The van der Waals surface area contributed by atoms with Crippen molar-refractivity contribution in [2.75, 3.05) is 34.9 Å². The highest BCUT2D eigenvalue weighted by molar-refractivity contribution is 7.89. The third-order valence-electron chi connectivity index (χ3n) is 4.95. The highest BCUT2D eigenvalue weighted by Crippen LogP contribution is 2.34. The summed E-state index contributed by atoms with van der Waals surface area (Å²) in [5.41, 5.74) is 2.20. The number of sulfonamides is 1. The summed E-state index contributed by atoms with van der Waals surface area (Å²) in [6, 6.07) is 7.97. The Morgan fingerprint density at radius 1 is 1.07 bits per heavy atom. The average Bonchev–Trinajstić information content (AvgIpc) is 2.71. The van der Waals surface area contributed by atoms with Crippen molar-refractivity contribution >= 4 is 27.5 Å². The quantitative estimate of drug-likeness (QED) is 0.717. The number of carbonyl (C=O) groups excluding carboxylic acids is 1. The molecule has 0 atom stereocenters. The topological polar surface area (TPSA) is 76.1 Å². The van der Waals surface area contributed by atoms with Crippen molar-refractivity contribution in [3.8, 4) is 11.5 Å². The molecule has 0 saturated heterocycles. The van der Waals surface area contributed by atoms with E-state index >= 15 is 0 Å². The molecular formula is C20H23ClN2O5S. The van der Waals surface area contributed by atoms with Crippen molar-refractivity contribution in [1.82, 2.24) is 9.21 Å². The number of rotatable bonds is 5. The molecule has 1 aliphatic heterocycles. The average molecular weight is 439 g/mol. The van der Waals surface area contributed by atoms with Gasteiger partial charge in [0.05, 0.1) is 29.7 Å². The van der Waals surface area contributed by atoms with E-state index < -0.39 is 10.0 Å². The largest absolute Gasteiger partial charge is 0.493 e. The summed E-state index contributed by atoms with van der Waals surface area (Å²) in [5, 5.41) is 0.214. The fourth-order valence-corrected chi connectivity index (χ4v) is 4.39. The van der Waals surface area contributed by atoms with E-state index in [1.54, 1.807) is 19.1 Å². The molecular weight excluding hydrogens is 416 g/mol. The summed E-state index contributed by atoms with van der Waals surface area (Å²) in [4.78, 5) is 14.8. The van der Waals surface area contributed by atoms with Crippen LogP contribution in [0.3, 0.4) is 0 Å². The number of hydrogen-bond donors (Lipinski definition) is 0. The van der Waals surface area contributed by atoms with Gasteiger partial charge in [0.15, 0.2) is 11.5 Å². The molecule has 2 aromatic carbocycles.